The van der Waals surface area contributed by atoms with Crippen LogP contribution in [0.1, 0.15) is 30.8 Å². The normalized spacial score (nSPS) is 18.1. The maximum Gasteiger partial charge on any atom is 0.0673 e. The number of aromatic nitrogens is 2. The van der Waals surface area contributed by atoms with Crippen LogP contribution in [0.3, 0.4) is 0 Å². The summed E-state index contributed by atoms with van der Waals surface area (Å²) in [6.45, 7) is 12.1. The molecule has 0 aliphatic carbocycles. The highest BCUT2D eigenvalue weighted by molar-refractivity contribution is 5.20. The minimum atomic E-state index is 0.464. The van der Waals surface area contributed by atoms with Crippen molar-refractivity contribution in [3.63, 3.8) is 0 Å². The van der Waals surface area contributed by atoms with E-state index in [1.54, 1.807) is 0 Å². The molecule has 1 aromatic heterocycles. The van der Waals surface area contributed by atoms with Crippen LogP contribution in [0.25, 0.3) is 0 Å². The van der Waals surface area contributed by atoms with Gasteiger partial charge in [-0.2, -0.15) is 10.2 Å². The van der Waals surface area contributed by atoms with Gasteiger partial charge in [-0.05, 0) is 31.9 Å². The molecule has 1 unspecified atom stereocenters. The lowest BCUT2D eigenvalue weighted by atomic mass is 10.1. The summed E-state index contributed by atoms with van der Waals surface area (Å²) in [5, 5.41) is 12.0. The molecule has 0 saturated carbocycles. The van der Waals surface area contributed by atoms with Crippen LogP contribution in [0, 0.1) is 6.92 Å². The Balaban J connectivity index is 1.83. The van der Waals surface area contributed by atoms with Crippen LogP contribution in [-0.2, 0) is 17.7 Å². The molecule has 0 spiro atoms. The summed E-state index contributed by atoms with van der Waals surface area (Å²) in [7, 11) is 0. The van der Waals surface area contributed by atoms with Crippen molar-refractivity contribution in [1.82, 2.24) is 20.4 Å². The van der Waals surface area contributed by atoms with Crippen molar-refractivity contribution in [1.29, 1.82) is 0 Å². The first-order valence-electron chi connectivity index (χ1n) is 7.54. The molecule has 1 aliphatic heterocycles. The van der Waals surface area contributed by atoms with Crippen molar-refractivity contribution in [2.75, 3.05) is 32.8 Å². The van der Waals surface area contributed by atoms with E-state index in [0.717, 1.165) is 57.2 Å². The van der Waals surface area contributed by atoms with Crippen LogP contribution in [0.2, 0.25) is 0 Å². The quantitative estimate of drug-likeness (QED) is 0.846. The van der Waals surface area contributed by atoms with Crippen molar-refractivity contribution in [2.24, 2.45) is 0 Å². The third-order valence-electron chi connectivity index (χ3n) is 3.69. The molecule has 1 fully saturated rings. The molecular weight excluding hydrogens is 252 g/mol. The van der Waals surface area contributed by atoms with E-state index in [-0.39, 0.29) is 0 Å². The van der Waals surface area contributed by atoms with Gasteiger partial charge in [0, 0.05) is 32.2 Å². The van der Waals surface area contributed by atoms with Gasteiger partial charge in [-0.3, -0.25) is 4.90 Å². The third-order valence-corrected chi connectivity index (χ3v) is 3.69. The van der Waals surface area contributed by atoms with E-state index in [0.29, 0.717) is 6.04 Å². The van der Waals surface area contributed by atoms with E-state index in [4.69, 9.17) is 4.74 Å². The van der Waals surface area contributed by atoms with Gasteiger partial charge in [0.15, 0.2) is 0 Å². The summed E-state index contributed by atoms with van der Waals surface area (Å²) < 4.78 is 5.38. The fourth-order valence-corrected chi connectivity index (χ4v) is 2.54. The van der Waals surface area contributed by atoms with E-state index in [2.05, 4.69) is 40.3 Å². The number of rotatable bonds is 6. The topological polar surface area (TPSA) is 50.3 Å². The Morgan fingerprint density at radius 1 is 1.35 bits per heavy atom. The largest absolute Gasteiger partial charge is 0.379 e. The van der Waals surface area contributed by atoms with Crippen molar-refractivity contribution in [3.05, 3.63) is 23.0 Å². The second-order valence-corrected chi connectivity index (χ2v) is 5.51. The van der Waals surface area contributed by atoms with Gasteiger partial charge < -0.3 is 10.1 Å². The zero-order valence-corrected chi connectivity index (χ0v) is 12.9. The van der Waals surface area contributed by atoms with Gasteiger partial charge in [-0.1, -0.05) is 6.92 Å². The molecule has 0 radical (unpaired) electrons. The fourth-order valence-electron chi connectivity index (χ4n) is 2.54. The molecule has 0 amide bonds. The van der Waals surface area contributed by atoms with Gasteiger partial charge in [0.2, 0.25) is 0 Å². The van der Waals surface area contributed by atoms with Gasteiger partial charge in [-0.15, -0.1) is 0 Å². The minimum absolute atomic E-state index is 0.464. The van der Waals surface area contributed by atoms with Crippen LogP contribution in [-0.4, -0.2) is 54.0 Å². The van der Waals surface area contributed by atoms with Crippen LogP contribution >= 0.6 is 0 Å². The molecule has 0 bridgehead atoms. The molecule has 2 heterocycles. The van der Waals surface area contributed by atoms with Crippen molar-refractivity contribution in [2.45, 2.75) is 39.8 Å². The number of nitrogens with zero attached hydrogens (tertiary/aromatic N) is 3. The SMILES string of the molecule is CCc1nnc(C)cc1CNC(C)CN1CCOCC1. The van der Waals surface area contributed by atoms with Crippen molar-refractivity contribution < 1.29 is 4.74 Å². The molecule has 5 nitrogen and oxygen atoms in total. The van der Waals surface area contributed by atoms with Gasteiger partial charge in [-0.25, -0.2) is 0 Å². The van der Waals surface area contributed by atoms with Crippen LogP contribution in [0.5, 0.6) is 0 Å². The zero-order chi connectivity index (χ0) is 14.4. The zero-order valence-electron chi connectivity index (χ0n) is 12.9. The number of aryl methyl sites for hydroxylation is 2. The summed E-state index contributed by atoms with van der Waals surface area (Å²) in [5.74, 6) is 0. The maximum absolute atomic E-state index is 5.38. The first kappa shape index (κ1) is 15.4. The Hall–Kier alpha value is -1.04. The molecule has 112 valence electrons. The molecule has 1 aliphatic rings. The van der Waals surface area contributed by atoms with E-state index in [1.807, 2.05) is 6.92 Å². The number of ether oxygens (including phenoxy) is 1. The minimum Gasteiger partial charge on any atom is -0.379 e. The highest BCUT2D eigenvalue weighted by Gasteiger charge is 2.14. The van der Waals surface area contributed by atoms with Crippen LogP contribution in [0.15, 0.2) is 6.07 Å². The first-order chi connectivity index (χ1) is 9.69. The molecule has 1 aromatic rings. The molecule has 1 saturated heterocycles. The maximum atomic E-state index is 5.38. The van der Waals surface area contributed by atoms with Crippen molar-refractivity contribution in [3.8, 4) is 0 Å². The molecule has 5 heteroatoms. The van der Waals surface area contributed by atoms with Crippen molar-refractivity contribution >= 4 is 0 Å². The molecule has 20 heavy (non-hydrogen) atoms. The van der Waals surface area contributed by atoms with E-state index < -0.39 is 0 Å². The lowest BCUT2D eigenvalue weighted by Crippen LogP contribution is -2.44. The number of nitrogens with one attached hydrogen (secondary N) is 1. The van der Waals surface area contributed by atoms with Gasteiger partial charge in [0.05, 0.1) is 24.6 Å². The average molecular weight is 278 g/mol. The standard InChI is InChI=1S/C15H26N4O/c1-4-15-14(9-12(2)17-18-15)10-16-13(3)11-19-5-7-20-8-6-19/h9,13,16H,4-8,10-11H2,1-3H3. The number of hydrogen-bond donors (Lipinski definition) is 1. The number of hydrogen-bond acceptors (Lipinski definition) is 5. The summed E-state index contributed by atoms with van der Waals surface area (Å²) in [6, 6.07) is 2.60. The summed E-state index contributed by atoms with van der Waals surface area (Å²) >= 11 is 0. The average Bonchev–Trinajstić information content (AvgIpc) is 2.46. The van der Waals surface area contributed by atoms with E-state index in [1.165, 1.54) is 5.56 Å². The second kappa shape index (κ2) is 7.67. The molecule has 0 aromatic carbocycles. The highest BCUT2D eigenvalue weighted by Crippen LogP contribution is 2.08. The lowest BCUT2D eigenvalue weighted by molar-refractivity contribution is 0.0343. The molecular formula is C15H26N4O. The number of morpholine rings is 1. The molecule has 2 rings (SSSR count). The fraction of sp³-hybridized carbons (Fsp3) is 0.733. The Morgan fingerprint density at radius 2 is 2.10 bits per heavy atom. The summed E-state index contributed by atoms with van der Waals surface area (Å²) in [6.07, 6.45) is 0.933. The third kappa shape index (κ3) is 4.51. The van der Waals surface area contributed by atoms with E-state index in [9.17, 15) is 0 Å². The lowest BCUT2D eigenvalue weighted by Gasteiger charge is -2.29. The smallest absolute Gasteiger partial charge is 0.0673 e. The first-order valence-corrected chi connectivity index (χ1v) is 7.54. The summed E-state index contributed by atoms with van der Waals surface area (Å²) in [4.78, 5) is 2.46. The molecule has 1 N–H and O–H groups in total. The van der Waals surface area contributed by atoms with Gasteiger partial charge in [0.25, 0.3) is 0 Å². The van der Waals surface area contributed by atoms with Crippen LogP contribution in [0.4, 0.5) is 0 Å². The Bertz CT molecular complexity index is 418. The Kier molecular flexibility index (Phi) is 5.88. The summed E-state index contributed by atoms with van der Waals surface area (Å²) in [5.41, 5.74) is 3.36. The van der Waals surface area contributed by atoms with Crippen LogP contribution < -0.4 is 5.32 Å². The highest BCUT2D eigenvalue weighted by atomic mass is 16.5. The van der Waals surface area contributed by atoms with Gasteiger partial charge >= 0.3 is 0 Å². The monoisotopic (exact) mass is 278 g/mol. The predicted octanol–water partition coefficient (Wildman–Crippen LogP) is 1.16. The van der Waals surface area contributed by atoms with E-state index >= 15 is 0 Å². The second-order valence-electron chi connectivity index (χ2n) is 5.51. The Labute approximate surface area is 121 Å². The van der Waals surface area contributed by atoms with Gasteiger partial charge in [0.1, 0.15) is 0 Å². The predicted molar refractivity (Wildman–Crippen MR) is 79.7 cm³/mol. The molecule has 1 atom stereocenters. The Morgan fingerprint density at radius 3 is 2.80 bits per heavy atom.